The van der Waals surface area contributed by atoms with Crippen LogP contribution in [0.25, 0.3) is 0 Å². The van der Waals surface area contributed by atoms with Crippen LogP contribution in [0.5, 0.6) is 0 Å². The predicted octanol–water partition coefficient (Wildman–Crippen LogP) is 2.06. The van der Waals surface area contributed by atoms with Crippen molar-refractivity contribution in [2.24, 2.45) is 0 Å². The summed E-state index contributed by atoms with van der Waals surface area (Å²) in [5.41, 5.74) is 1.64. The first-order chi connectivity index (χ1) is 16.1. The number of carbonyl (C=O) groups is 3. The van der Waals surface area contributed by atoms with Gasteiger partial charge in [-0.2, -0.15) is 0 Å². The quantitative estimate of drug-likeness (QED) is 0.673. The molecule has 0 aliphatic carbocycles. The number of hydrogen-bond acceptors (Lipinski definition) is 5. The fourth-order valence-corrected chi connectivity index (χ4v) is 4.18. The zero-order valence-corrected chi connectivity index (χ0v) is 18.7. The van der Waals surface area contributed by atoms with Gasteiger partial charge < -0.3 is 25.3 Å². The number of aromatic nitrogens is 1. The standard InChI is InChI=1S/C24H30N6O3/c31-22-8-4-12-30(22)18-19-5-3-6-20(17-19)27-24(33)26-11-9-23(32)29-15-13-28(14-16-29)21-7-1-2-10-25-21/h1-3,5-7,10,17H,4,8-9,11-16,18H2,(H2,26,27,33). The van der Waals surface area contributed by atoms with E-state index in [1.807, 2.05) is 46.2 Å². The van der Waals surface area contributed by atoms with E-state index in [1.54, 1.807) is 12.3 Å². The van der Waals surface area contributed by atoms with Crippen molar-refractivity contribution in [2.45, 2.75) is 25.8 Å². The van der Waals surface area contributed by atoms with Crippen LogP contribution in [0, 0.1) is 0 Å². The molecule has 0 radical (unpaired) electrons. The molecule has 2 aliphatic rings. The van der Waals surface area contributed by atoms with Gasteiger partial charge >= 0.3 is 6.03 Å². The molecule has 33 heavy (non-hydrogen) atoms. The SMILES string of the molecule is O=C(NCCC(=O)N1CCN(c2ccccn2)CC1)Nc1cccc(CN2CCCC2=O)c1. The van der Waals surface area contributed by atoms with Crippen LogP contribution >= 0.6 is 0 Å². The number of piperazine rings is 1. The van der Waals surface area contributed by atoms with Crippen LogP contribution in [-0.2, 0) is 16.1 Å². The molecule has 0 saturated carbocycles. The largest absolute Gasteiger partial charge is 0.353 e. The molecule has 4 rings (SSSR count). The lowest BCUT2D eigenvalue weighted by Gasteiger charge is -2.35. The number of benzene rings is 1. The molecule has 4 amide bonds. The summed E-state index contributed by atoms with van der Waals surface area (Å²) in [6.45, 7) is 4.39. The third kappa shape index (κ3) is 6.21. The van der Waals surface area contributed by atoms with Crippen LogP contribution in [-0.4, -0.2) is 71.9 Å². The molecule has 9 nitrogen and oxygen atoms in total. The second kappa shape index (κ2) is 10.8. The second-order valence-electron chi connectivity index (χ2n) is 8.31. The maximum absolute atomic E-state index is 12.5. The van der Waals surface area contributed by atoms with E-state index in [-0.39, 0.29) is 30.8 Å². The molecular formula is C24H30N6O3. The van der Waals surface area contributed by atoms with Crippen molar-refractivity contribution in [2.75, 3.05) is 49.5 Å². The molecule has 0 unspecified atom stereocenters. The maximum Gasteiger partial charge on any atom is 0.319 e. The Morgan fingerprint density at radius 3 is 2.58 bits per heavy atom. The zero-order valence-electron chi connectivity index (χ0n) is 18.7. The van der Waals surface area contributed by atoms with Crippen molar-refractivity contribution < 1.29 is 14.4 Å². The highest BCUT2D eigenvalue weighted by atomic mass is 16.2. The number of hydrogen-bond donors (Lipinski definition) is 2. The van der Waals surface area contributed by atoms with Crippen LogP contribution in [0.3, 0.4) is 0 Å². The highest BCUT2D eigenvalue weighted by molar-refractivity contribution is 5.89. The van der Waals surface area contributed by atoms with Crippen LogP contribution in [0.4, 0.5) is 16.3 Å². The zero-order chi connectivity index (χ0) is 23.0. The molecule has 3 heterocycles. The summed E-state index contributed by atoms with van der Waals surface area (Å²) >= 11 is 0. The van der Waals surface area contributed by atoms with E-state index in [9.17, 15) is 14.4 Å². The number of likely N-dealkylation sites (tertiary alicyclic amines) is 1. The Balaban J connectivity index is 1.16. The summed E-state index contributed by atoms with van der Waals surface area (Å²) in [6.07, 6.45) is 3.54. The molecule has 2 aromatic rings. The number of anilines is 2. The number of rotatable bonds is 7. The minimum atomic E-state index is -0.350. The van der Waals surface area contributed by atoms with E-state index in [0.717, 1.165) is 37.4 Å². The lowest BCUT2D eigenvalue weighted by Crippen LogP contribution is -2.49. The Bertz CT molecular complexity index is 975. The Labute approximate surface area is 193 Å². The first-order valence-electron chi connectivity index (χ1n) is 11.4. The lowest BCUT2D eigenvalue weighted by atomic mass is 10.2. The molecule has 0 bridgehead atoms. The van der Waals surface area contributed by atoms with E-state index >= 15 is 0 Å². The Kier molecular flexibility index (Phi) is 7.39. The molecule has 2 aliphatic heterocycles. The third-order valence-electron chi connectivity index (χ3n) is 5.96. The fraction of sp³-hybridized carbons (Fsp3) is 0.417. The molecule has 2 N–H and O–H groups in total. The smallest absolute Gasteiger partial charge is 0.319 e. The molecule has 0 atom stereocenters. The van der Waals surface area contributed by atoms with Crippen molar-refractivity contribution in [3.8, 4) is 0 Å². The molecule has 1 aromatic heterocycles. The van der Waals surface area contributed by atoms with E-state index in [2.05, 4.69) is 20.5 Å². The predicted molar refractivity (Wildman–Crippen MR) is 126 cm³/mol. The van der Waals surface area contributed by atoms with Gasteiger partial charge in [0.1, 0.15) is 5.82 Å². The molecule has 1 aromatic carbocycles. The van der Waals surface area contributed by atoms with Crippen LogP contribution in [0.15, 0.2) is 48.7 Å². The van der Waals surface area contributed by atoms with Gasteiger partial charge in [0, 0.05) is 70.5 Å². The average molecular weight is 451 g/mol. The molecule has 2 fully saturated rings. The van der Waals surface area contributed by atoms with Crippen LogP contribution in [0.1, 0.15) is 24.8 Å². The van der Waals surface area contributed by atoms with Crippen molar-refractivity contribution in [3.05, 3.63) is 54.2 Å². The van der Waals surface area contributed by atoms with Crippen molar-refractivity contribution >= 4 is 29.4 Å². The maximum atomic E-state index is 12.5. The summed E-state index contributed by atoms with van der Waals surface area (Å²) < 4.78 is 0. The van der Waals surface area contributed by atoms with Crippen molar-refractivity contribution in [1.29, 1.82) is 0 Å². The van der Waals surface area contributed by atoms with Crippen molar-refractivity contribution in [3.63, 3.8) is 0 Å². The summed E-state index contributed by atoms with van der Waals surface area (Å²) in [5, 5.41) is 5.56. The van der Waals surface area contributed by atoms with Gasteiger partial charge in [0.05, 0.1) is 0 Å². The van der Waals surface area contributed by atoms with E-state index in [1.165, 1.54) is 0 Å². The molecule has 9 heteroatoms. The summed E-state index contributed by atoms with van der Waals surface area (Å²) in [4.78, 5) is 46.8. The van der Waals surface area contributed by atoms with E-state index in [4.69, 9.17) is 0 Å². The van der Waals surface area contributed by atoms with Gasteiger partial charge in [-0.3, -0.25) is 9.59 Å². The number of nitrogens with one attached hydrogen (secondary N) is 2. The van der Waals surface area contributed by atoms with E-state index < -0.39 is 0 Å². The summed E-state index contributed by atoms with van der Waals surface area (Å²) in [5.74, 6) is 1.14. The fourth-order valence-electron chi connectivity index (χ4n) is 4.18. The highest BCUT2D eigenvalue weighted by Gasteiger charge is 2.22. The van der Waals surface area contributed by atoms with Gasteiger partial charge in [0.25, 0.3) is 0 Å². The first kappa shape index (κ1) is 22.6. The van der Waals surface area contributed by atoms with Gasteiger partial charge in [0.2, 0.25) is 11.8 Å². The van der Waals surface area contributed by atoms with Crippen LogP contribution < -0.4 is 15.5 Å². The Hall–Kier alpha value is -3.62. The van der Waals surface area contributed by atoms with Gasteiger partial charge in [-0.25, -0.2) is 9.78 Å². The monoisotopic (exact) mass is 450 g/mol. The van der Waals surface area contributed by atoms with E-state index in [0.29, 0.717) is 31.7 Å². The number of nitrogens with zero attached hydrogens (tertiary/aromatic N) is 4. The number of carbonyl (C=O) groups excluding carboxylic acids is 3. The Morgan fingerprint density at radius 1 is 1.00 bits per heavy atom. The minimum absolute atomic E-state index is 0.0354. The topological polar surface area (TPSA) is 97.9 Å². The molecular weight excluding hydrogens is 420 g/mol. The summed E-state index contributed by atoms with van der Waals surface area (Å²) in [6, 6.07) is 13.0. The second-order valence-corrected chi connectivity index (χ2v) is 8.31. The normalized spacial score (nSPS) is 16.1. The lowest BCUT2D eigenvalue weighted by molar-refractivity contribution is -0.131. The number of pyridine rings is 1. The van der Waals surface area contributed by atoms with Gasteiger partial charge in [-0.15, -0.1) is 0 Å². The Morgan fingerprint density at radius 2 is 1.85 bits per heavy atom. The van der Waals surface area contributed by atoms with Crippen molar-refractivity contribution in [1.82, 2.24) is 20.1 Å². The third-order valence-corrected chi connectivity index (χ3v) is 5.96. The minimum Gasteiger partial charge on any atom is -0.353 e. The van der Waals surface area contributed by atoms with Gasteiger partial charge in [-0.05, 0) is 36.2 Å². The number of urea groups is 1. The average Bonchev–Trinajstić information content (AvgIpc) is 3.24. The number of amides is 4. The van der Waals surface area contributed by atoms with Gasteiger partial charge in [-0.1, -0.05) is 18.2 Å². The highest BCUT2D eigenvalue weighted by Crippen LogP contribution is 2.17. The summed E-state index contributed by atoms with van der Waals surface area (Å²) in [7, 11) is 0. The first-order valence-corrected chi connectivity index (χ1v) is 11.4. The molecule has 0 spiro atoms. The van der Waals surface area contributed by atoms with Crippen LogP contribution in [0.2, 0.25) is 0 Å². The molecule has 2 saturated heterocycles. The molecule has 174 valence electrons. The van der Waals surface area contributed by atoms with Gasteiger partial charge in [0.15, 0.2) is 0 Å².